The third-order valence-electron chi connectivity index (χ3n) is 6.53. The number of anilines is 1. The third-order valence-corrected chi connectivity index (χ3v) is 6.53. The van der Waals surface area contributed by atoms with Gasteiger partial charge in [-0.05, 0) is 31.0 Å². The van der Waals surface area contributed by atoms with Gasteiger partial charge in [-0.3, -0.25) is 19.4 Å². The fourth-order valence-electron chi connectivity index (χ4n) is 4.42. The summed E-state index contributed by atoms with van der Waals surface area (Å²) >= 11 is 0. The summed E-state index contributed by atoms with van der Waals surface area (Å²) in [7, 11) is 1.23. The lowest BCUT2D eigenvalue weighted by Crippen LogP contribution is -2.48. The second kappa shape index (κ2) is 13.1. The standard InChI is InChI=1S/C26H24F9N5O4/c1-44-17-4-2-3-15-18(16-6-5-12(11-37-16)26(33,34)35)38-21(23(43)39-19(15)17)40-22(42)14(8-10-25(30,31)32)13(20(36)41)7-9-24(27,28)29/h2-6,11,13-14,21H,7-10H2,1H3,(H2,36,41)(H,39,43)(H,40,42)/t13?,14?,21-/m1/s1. The summed E-state index contributed by atoms with van der Waals surface area (Å²) in [6, 6.07) is 5.82. The van der Waals surface area contributed by atoms with Gasteiger partial charge in [-0.2, -0.15) is 39.5 Å². The summed E-state index contributed by atoms with van der Waals surface area (Å²) in [6.07, 6.45) is -21.6. The average Bonchev–Trinajstić information content (AvgIpc) is 3.04. The normalized spacial score (nSPS) is 17.0. The second-order valence-corrected chi connectivity index (χ2v) is 9.61. The van der Waals surface area contributed by atoms with Crippen molar-refractivity contribution in [3.05, 3.63) is 53.3 Å². The van der Waals surface area contributed by atoms with E-state index in [0.29, 0.717) is 12.3 Å². The molecule has 3 rings (SSSR count). The number of ether oxygens (including phenoxy) is 1. The zero-order chi connectivity index (χ0) is 33.0. The summed E-state index contributed by atoms with van der Waals surface area (Å²) in [5.41, 5.74) is 3.59. The Kier molecular flexibility index (Phi) is 10.1. The van der Waals surface area contributed by atoms with Crippen LogP contribution in [-0.4, -0.2) is 54.0 Å². The maximum Gasteiger partial charge on any atom is 0.417 e. The zero-order valence-corrected chi connectivity index (χ0v) is 22.5. The van der Waals surface area contributed by atoms with Gasteiger partial charge in [0.15, 0.2) is 0 Å². The Balaban J connectivity index is 2.06. The number of aromatic nitrogens is 1. The monoisotopic (exact) mass is 641 g/mol. The molecule has 1 aromatic carbocycles. The number of hydrogen-bond donors (Lipinski definition) is 3. The summed E-state index contributed by atoms with van der Waals surface area (Å²) < 4.78 is 122. The number of carbonyl (C=O) groups is 3. The van der Waals surface area contributed by atoms with Gasteiger partial charge < -0.3 is 21.1 Å². The van der Waals surface area contributed by atoms with Crippen molar-refractivity contribution < 1.29 is 58.6 Å². The van der Waals surface area contributed by atoms with Crippen molar-refractivity contribution in [1.29, 1.82) is 0 Å². The molecule has 3 atom stereocenters. The number of rotatable bonds is 10. The first-order valence-electron chi connectivity index (χ1n) is 12.6. The van der Waals surface area contributed by atoms with Gasteiger partial charge in [-0.25, -0.2) is 4.99 Å². The van der Waals surface area contributed by atoms with Crippen LogP contribution in [0.25, 0.3) is 0 Å². The average molecular weight is 641 g/mol. The molecule has 0 bridgehead atoms. The summed E-state index contributed by atoms with van der Waals surface area (Å²) in [6.45, 7) is 0. The van der Waals surface area contributed by atoms with Crippen LogP contribution in [0.2, 0.25) is 0 Å². The SMILES string of the molecule is COc1cccc2c1NC(=O)[C@@H](NC(=O)C(CCC(F)(F)F)C(CCC(F)(F)F)C(N)=O)N=C2c1ccc(C(F)(F)F)cn1. The minimum atomic E-state index is -4.87. The van der Waals surface area contributed by atoms with E-state index in [9.17, 15) is 53.9 Å². The van der Waals surface area contributed by atoms with Gasteiger partial charge in [0.25, 0.3) is 5.91 Å². The van der Waals surface area contributed by atoms with Gasteiger partial charge in [0.1, 0.15) is 5.75 Å². The predicted molar refractivity (Wildman–Crippen MR) is 135 cm³/mol. The van der Waals surface area contributed by atoms with Crippen molar-refractivity contribution >= 4 is 29.1 Å². The van der Waals surface area contributed by atoms with E-state index in [-0.39, 0.29) is 28.4 Å². The number of methoxy groups -OCH3 is 1. The van der Waals surface area contributed by atoms with Crippen LogP contribution in [0, 0.1) is 11.8 Å². The van der Waals surface area contributed by atoms with Gasteiger partial charge in [-0.1, -0.05) is 12.1 Å². The van der Waals surface area contributed by atoms with Crippen LogP contribution in [0.4, 0.5) is 45.2 Å². The highest BCUT2D eigenvalue weighted by Crippen LogP contribution is 2.35. The van der Waals surface area contributed by atoms with Gasteiger partial charge in [0.2, 0.25) is 18.0 Å². The lowest BCUT2D eigenvalue weighted by molar-refractivity contribution is -0.152. The number of pyridine rings is 1. The fourth-order valence-corrected chi connectivity index (χ4v) is 4.42. The summed E-state index contributed by atoms with van der Waals surface area (Å²) in [4.78, 5) is 46.3. The number of benzene rings is 1. The first-order valence-corrected chi connectivity index (χ1v) is 12.6. The summed E-state index contributed by atoms with van der Waals surface area (Å²) in [5.74, 6) is -8.05. The number of nitrogens with one attached hydrogen (secondary N) is 2. The Morgan fingerprint density at radius 3 is 2.09 bits per heavy atom. The third kappa shape index (κ3) is 8.82. The Labute approximate surface area is 243 Å². The van der Waals surface area contributed by atoms with E-state index in [4.69, 9.17) is 10.5 Å². The highest BCUT2D eigenvalue weighted by atomic mass is 19.4. The van der Waals surface area contributed by atoms with Gasteiger partial charge >= 0.3 is 18.5 Å². The minimum Gasteiger partial charge on any atom is -0.495 e. The number of carbonyl (C=O) groups excluding carboxylic acids is 3. The lowest BCUT2D eigenvalue weighted by Gasteiger charge is -2.26. The number of amides is 3. The first kappa shape index (κ1) is 34.1. The van der Waals surface area contributed by atoms with E-state index in [2.05, 4.69) is 15.3 Å². The molecular weight excluding hydrogens is 617 g/mol. The number of fused-ring (bicyclic) bond motifs is 1. The number of hydrogen-bond acceptors (Lipinski definition) is 6. The molecule has 0 aliphatic carbocycles. The van der Waals surface area contributed by atoms with Crippen molar-refractivity contribution in [2.24, 2.45) is 22.6 Å². The van der Waals surface area contributed by atoms with Gasteiger partial charge in [0, 0.05) is 36.4 Å². The van der Waals surface area contributed by atoms with Crippen LogP contribution in [0.5, 0.6) is 5.75 Å². The number of nitrogens with zero attached hydrogens (tertiary/aromatic N) is 2. The molecule has 1 aliphatic heterocycles. The van der Waals surface area contributed by atoms with E-state index in [0.717, 1.165) is 6.07 Å². The van der Waals surface area contributed by atoms with Crippen molar-refractivity contribution in [1.82, 2.24) is 10.3 Å². The Hall–Kier alpha value is -4.38. The number of benzodiazepines with no additional fused rings is 1. The van der Waals surface area contributed by atoms with E-state index in [1.165, 1.54) is 25.3 Å². The molecule has 18 heteroatoms. The molecule has 2 aromatic rings. The molecule has 1 aliphatic rings. The largest absolute Gasteiger partial charge is 0.495 e. The Morgan fingerprint density at radius 1 is 0.977 bits per heavy atom. The van der Waals surface area contributed by atoms with E-state index >= 15 is 0 Å². The highest BCUT2D eigenvalue weighted by Gasteiger charge is 2.41. The molecular formula is C26H24F9N5O4. The predicted octanol–water partition coefficient (Wildman–Crippen LogP) is 4.74. The molecule has 9 nitrogen and oxygen atoms in total. The van der Waals surface area contributed by atoms with Crippen LogP contribution in [-0.2, 0) is 20.6 Å². The second-order valence-electron chi connectivity index (χ2n) is 9.61. The molecule has 2 heterocycles. The van der Waals surface area contributed by atoms with Crippen LogP contribution in [0.15, 0.2) is 41.5 Å². The molecule has 3 amide bonds. The molecule has 1 aromatic heterocycles. The Bertz CT molecular complexity index is 1410. The van der Waals surface area contributed by atoms with Crippen LogP contribution in [0.1, 0.15) is 42.5 Å². The molecule has 0 radical (unpaired) electrons. The number of primary amides is 1. The quantitative estimate of drug-likeness (QED) is 0.322. The molecule has 0 saturated carbocycles. The highest BCUT2D eigenvalue weighted by molar-refractivity contribution is 6.19. The van der Waals surface area contributed by atoms with Crippen molar-refractivity contribution in [3.63, 3.8) is 0 Å². The van der Waals surface area contributed by atoms with Crippen LogP contribution >= 0.6 is 0 Å². The molecule has 0 fully saturated rings. The Morgan fingerprint density at radius 2 is 1.59 bits per heavy atom. The molecule has 4 N–H and O–H groups in total. The van der Waals surface area contributed by atoms with E-state index < -0.39 is 85.5 Å². The van der Waals surface area contributed by atoms with E-state index in [1.54, 1.807) is 0 Å². The molecule has 0 saturated heterocycles. The number of alkyl halides is 9. The lowest BCUT2D eigenvalue weighted by atomic mass is 9.83. The van der Waals surface area contributed by atoms with Crippen molar-refractivity contribution in [2.75, 3.05) is 12.4 Å². The number of nitrogens with two attached hydrogens (primary N) is 1. The van der Waals surface area contributed by atoms with E-state index in [1.807, 2.05) is 5.32 Å². The number of para-hydroxylation sites is 1. The maximum absolute atomic E-state index is 13.3. The topological polar surface area (TPSA) is 136 Å². The molecule has 44 heavy (non-hydrogen) atoms. The van der Waals surface area contributed by atoms with Crippen molar-refractivity contribution in [2.45, 2.75) is 50.4 Å². The molecule has 0 spiro atoms. The first-order chi connectivity index (χ1) is 20.3. The van der Waals surface area contributed by atoms with Crippen LogP contribution < -0.4 is 21.1 Å². The maximum atomic E-state index is 13.3. The molecule has 240 valence electrons. The smallest absolute Gasteiger partial charge is 0.417 e. The number of halogens is 9. The van der Waals surface area contributed by atoms with Crippen molar-refractivity contribution in [3.8, 4) is 5.75 Å². The zero-order valence-electron chi connectivity index (χ0n) is 22.5. The fraction of sp³-hybridized carbons (Fsp3) is 0.423. The van der Waals surface area contributed by atoms with Crippen LogP contribution in [0.3, 0.4) is 0 Å². The minimum absolute atomic E-state index is 0.0476. The summed E-state index contributed by atoms with van der Waals surface area (Å²) in [5, 5.41) is 4.45. The van der Waals surface area contributed by atoms with Gasteiger partial charge in [0.05, 0.1) is 29.8 Å². The molecule has 2 unspecified atom stereocenters. The number of aliphatic imine (C=N–C) groups is 1. The van der Waals surface area contributed by atoms with Gasteiger partial charge in [-0.15, -0.1) is 0 Å².